The third-order valence-corrected chi connectivity index (χ3v) is 4.35. The number of rotatable bonds is 4. The van der Waals surface area contributed by atoms with Crippen LogP contribution >= 0.6 is 15.9 Å². The van der Waals surface area contributed by atoms with Crippen molar-refractivity contribution in [1.29, 1.82) is 5.26 Å². The number of carbonyl (C=O) groups is 1. The first-order valence-corrected chi connectivity index (χ1v) is 8.45. The van der Waals surface area contributed by atoms with E-state index in [9.17, 15) is 4.79 Å². The maximum absolute atomic E-state index is 12.5. The van der Waals surface area contributed by atoms with Gasteiger partial charge in [-0.1, -0.05) is 28.1 Å². The van der Waals surface area contributed by atoms with Crippen LogP contribution in [0.25, 0.3) is 5.69 Å². The summed E-state index contributed by atoms with van der Waals surface area (Å²) in [5.74, 6) is -0.214. The van der Waals surface area contributed by atoms with Gasteiger partial charge in [-0.25, -0.2) is 4.68 Å². The maximum Gasteiger partial charge on any atom is 0.259 e. The fourth-order valence-corrected chi connectivity index (χ4v) is 2.74. The molecule has 0 saturated heterocycles. The van der Waals surface area contributed by atoms with Crippen LogP contribution in [0.4, 0.5) is 5.69 Å². The molecule has 3 aromatic rings. The number of amides is 1. The molecule has 1 amide bonds. The predicted octanol–water partition coefficient (Wildman–Crippen LogP) is 4.26. The smallest absolute Gasteiger partial charge is 0.259 e. The molecule has 0 fully saturated rings. The highest BCUT2D eigenvalue weighted by Crippen LogP contribution is 2.18. The Bertz CT molecular complexity index is 937. The van der Waals surface area contributed by atoms with Gasteiger partial charge in [0.25, 0.3) is 5.91 Å². The normalized spacial score (nSPS) is 10.3. The minimum Gasteiger partial charge on any atom is -0.322 e. The van der Waals surface area contributed by atoms with Crippen LogP contribution in [-0.4, -0.2) is 15.7 Å². The van der Waals surface area contributed by atoms with E-state index in [1.807, 2.05) is 43.3 Å². The standard InChI is InChI=1S/C19H15BrN4O/c1-13-18(12-22-24(13)17-8-4-15(20)5-9-17)19(25)23-16-6-2-14(3-7-16)10-11-21/h2-9,12H,10H2,1H3,(H,23,25). The van der Waals surface area contributed by atoms with Crippen LogP contribution in [0.1, 0.15) is 21.6 Å². The molecule has 0 bridgehead atoms. The number of nitrogens with one attached hydrogen (secondary N) is 1. The molecule has 0 aliphatic carbocycles. The van der Waals surface area contributed by atoms with Crippen LogP contribution in [0.3, 0.4) is 0 Å². The van der Waals surface area contributed by atoms with Gasteiger partial charge >= 0.3 is 0 Å². The molecule has 1 aromatic heterocycles. The van der Waals surface area contributed by atoms with Crippen LogP contribution in [-0.2, 0) is 6.42 Å². The number of nitriles is 1. The Kier molecular flexibility index (Phi) is 4.96. The molecule has 0 aliphatic rings. The van der Waals surface area contributed by atoms with Crippen molar-refractivity contribution in [3.05, 3.63) is 76.0 Å². The van der Waals surface area contributed by atoms with Crippen molar-refractivity contribution in [3.63, 3.8) is 0 Å². The molecule has 0 unspecified atom stereocenters. The van der Waals surface area contributed by atoms with Crippen LogP contribution in [0.2, 0.25) is 0 Å². The lowest BCUT2D eigenvalue weighted by Gasteiger charge is -2.07. The molecule has 5 nitrogen and oxygen atoms in total. The molecule has 0 radical (unpaired) electrons. The summed E-state index contributed by atoms with van der Waals surface area (Å²) in [6, 6.07) is 17.1. The predicted molar refractivity (Wildman–Crippen MR) is 99.7 cm³/mol. The molecular formula is C19H15BrN4O. The van der Waals surface area contributed by atoms with E-state index in [1.165, 1.54) is 0 Å². The van der Waals surface area contributed by atoms with Crippen molar-refractivity contribution in [2.24, 2.45) is 0 Å². The minimum absolute atomic E-state index is 0.214. The highest BCUT2D eigenvalue weighted by atomic mass is 79.9. The third kappa shape index (κ3) is 3.78. The van der Waals surface area contributed by atoms with E-state index >= 15 is 0 Å². The summed E-state index contributed by atoms with van der Waals surface area (Å²) in [5.41, 5.74) is 3.77. The average Bonchev–Trinajstić information content (AvgIpc) is 2.99. The van der Waals surface area contributed by atoms with Gasteiger partial charge in [0.1, 0.15) is 0 Å². The molecule has 0 spiro atoms. The monoisotopic (exact) mass is 394 g/mol. The van der Waals surface area contributed by atoms with Crippen molar-refractivity contribution in [3.8, 4) is 11.8 Å². The van der Waals surface area contributed by atoms with Crippen molar-refractivity contribution in [2.45, 2.75) is 13.3 Å². The molecule has 6 heteroatoms. The van der Waals surface area contributed by atoms with E-state index in [4.69, 9.17) is 5.26 Å². The first-order chi connectivity index (χ1) is 12.1. The Balaban J connectivity index is 1.79. The summed E-state index contributed by atoms with van der Waals surface area (Å²) in [6.07, 6.45) is 1.92. The number of halogens is 1. The SMILES string of the molecule is Cc1c(C(=O)Nc2ccc(CC#N)cc2)cnn1-c1ccc(Br)cc1. The van der Waals surface area contributed by atoms with Gasteiger partial charge in [-0.3, -0.25) is 4.79 Å². The molecule has 1 N–H and O–H groups in total. The van der Waals surface area contributed by atoms with Crippen molar-refractivity contribution >= 4 is 27.5 Å². The lowest BCUT2D eigenvalue weighted by atomic mass is 10.1. The van der Waals surface area contributed by atoms with Crippen molar-refractivity contribution in [1.82, 2.24) is 9.78 Å². The largest absolute Gasteiger partial charge is 0.322 e. The van der Waals surface area contributed by atoms with Crippen LogP contribution < -0.4 is 5.32 Å². The fraction of sp³-hybridized carbons (Fsp3) is 0.105. The van der Waals surface area contributed by atoms with E-state index in [1.54, 1.807) is 23.0 Å². The Morgan fingerprint density at radius 1 is 1.20 bits per heavy atom. The molecular weight excluding hydrogens is 380 g/mol. The minimum atomic E-state index is -0.214. The Hall–Kier alpha value is -2.91. The summed E-state index contributed by atoms with van der Waals surface area (Å²) in [7, 11) is 0. The first-order valence-electron chi connectivity index (χ1n) is 7.66. The zero-order valence-electron chi connectivity index (χ0n) is 13.5. The lowest BCUT2D eigenvalue weighted by molar-refractivity contribution is 0.102. The lowest BCUT2D eigenvalue weighted by Crippen LogP contribution is -2.13. The fourth-order valence-electron chi connectivity index (χ4n) is 2.47. The Labute approximate surface area is 154 Å². The molecule has 3 rings (SSSR count). The van der Waals surface area contributed by atoms with E-state index in [-0.39, 0.29) is 5.91 Å². The van der Waals surface area contributed by atoms with Gasteiger partial charge in [-0.2, -0.15) is 10.4 Å². The highest BCUT2D eigenvalue weighted by Gasteiger charge is 2.15. The third-order valence-electron chi connectivity index (χ3n) is 3.82. The second-order valence-electron chi connectivity index (χ2n) is 5.52. The summed E-state index contributed by atoms with van der Waals surface area (Å²) in [4.78, 5) is 12.5. The van der Waals surface area contributed by atoms with Gasteiger partial charge in [-0.15, -0.1) is 0 Å². The number of hydrogen-bond donors (Lipinski definition) is 1. The number of anilines is 1. The highest BCUT2D eigenvalue weighted by molar-refractivity contribution is 9.10. The van der Waals surface area contributed by atoms with Gasteiger partial charge in [0.15, 0.2) is 0 Å². The van der Waals surface area contributed by atoms with E-state index < -0.39 is 0 Å². The molecule has 1 heterocycles. The number of aromatic nitrogens is 2. The average molecular weight is 395 g/mol. The summed E-state index contributed by atoms with van der Waals surface area (Å²) in [5, 5.41) is 15.9. The van der Waals surface area contributed by atoms with Gasteiger partial charge in [0.2, 0.25) is 0 Å². The topological polar surface area (TPSA) is 70.7 Å². The number of benzene rings is 2. The molecule has 0 atom stereocenters. The van der Waals surface area contributed by atoms with Gasteiger partial charge in [0, 0.05) is 10.2 Å². The van der Waals surface area contributed by atoms with Crippen molar-refractivity contribution in [2.75, 3.05) is 5.32 Å². The number of hydrogen-bond acceptors (Lipinski definition) is 3. The molecule has 0 saturated carbocycles. The molecule has 2 aromatic carbocycles. The van der Waals surface area contributed by atoms with Crippen LogP contribution in [0, 0.1) is 18.3 Å². The summed E-state index contributed by atoms with van der Waals surface area (Å²) < 4.78 is 2.72. The second-order valence-corrected chi connectivity index (χ2v) is 6.43. The summed E-state index contributed by atoms with van der Waals surface area (Å²) in [6.45, 7) is 1.86. The van der Waals surface area contributed by atoms with Crippen molar-refractivity contribution < 1.29 is 4.79 Å². The summed E-state index contributed by atoms with van der Waals surface area (Å²) >= 11 is 3.41. The number of nitrogens with zero attached hydrogens (tertiary/aromatic N) is 3. The molecule has 0 aliphatic heterocycles. The van der Waals surface area contributed by atoms with E-state index in [0.717, 1.165) is 21.4 Å². The second kappa shape index (κ2) is 7.32. The quantitative estimate of drug-likeness (QED) is 0.718. The maximum atomic E-state index is 12.5. The van der Waals surface area contributed by atoms with Crippen LogP contribution in [0.15, 0.2) is 59.2 Å². The Morgan fingerprint density at radius 3 is 2.52 bits per heavy atom. The van der Waals surface area contributed by atoms with Gasteiger partial charge in [-0.05, 0) is 48.9 Å². The zero-order valence-corrected chi connectivity index (χ0v) is 15.1. The van der Waals surface area contributed by atoms with Gasteiger partial charge in [0.05, 0.1) is 35.6 Å². The van der Waals surface area contributed by atoms with Gasteiger partial charge < -0.3 is 5.32 Å². The molecule has 124 valence electrons. The molecule has 25 heavy (non-hydrogen) atoms. The van der Waals surface area contributed by atoms with E-state index in [0.29, 0.717) is 17.7 Å². The first kappa shape index (κ1) is 16.9. The zero-order chi connectivity index (χ0) is 17.8. The van der Waals surface area contributed by atoms with E-state index in [2.05, 4.69) is 32.4 Å². The Morgan fingerprint density at radius 2 is 1.88 bits per heavy atom. The van der Waals surface area contributed by atoms with Crippen LogP contribution in [0.5, 0.6) is 0 Å². The number of carbonyl (C=O) groups excluding carboxylic acids is 1.